The predicted octanol–water partition coefficient (Wildman–Crippen LogP) is 2.57. The zero-order valence-electron chi connectivity index (χ0n) is 18.3. The number of amides is 2. The number of benzene rings is 1. The Kier molecular flexibility index (Phi) is 6.02. The second-order valence-corrected chi connectivity index (χ2v) is 8.69. The maximum atomic E-state index is 13.3. The minimum Gasteiger partial charge on any atom is -0.328 e. The van der Waals surface area contributed by atoms with Crippen molar-refractivity contribution in [2.45, 2.75) is 26.4 Å². The zero-order valence-corrected chi connectivity index (χ0v) is 19.1. The number of nitrogens with zero attached hydrogens (tertiary/aromatic N) is 6. The molecule has 0 aliphatic carbocycles. The van der Waals surface area contributed by atoms with E-state index in [1.54, 1.807) is 9.80 Å². The number of hydrogen-bond donors (Lipinski definition) is 1. The first-order valence-corrected chi connectivity index (χ1v) is 10.9. The summed E-state index contributed by atoms with van der Waals surface area (Å²) in [7, 11) is 3.62. The van der Waals surface area contributed by atoms with Crippen molar-refractivity contribution in [3.63, 3.8) is 0 Å². The molecule has 0 fully saturated rings. The molecule has 0 spiro atoms. The number of likely N-dealkylation sites (N-methyl/N-ethyl adjacent to an activating group) is 1. The Labute approximate surface area is 189 Å². The Morgan fingerprint density at radius 1 is 1.22 bits per heavy atom. The molecular formula is C21H24FN7O2S. The molecule has 2 aromatic heterocycles. The number of fused-ring (bicyclic) bond motifs is 1. The van der Waals surface area contributed by atoms with E-state index in [0.717, 1.165) is 5.69 Å². The van der Waals surface area contributed by atoms with Gasteiger partial charge in [-0.1, -0.05) is 0 Å². The van der Waals surface area contributed by atoms with Crippen LogP contribution in [-0.4, -0.2) is 67.7 Å². The Hall–Kier alpha value is -3.18. The number of halogens is 1. The lowest BCUT2D eigenvalue weighted by molar-refractivity contribution is -0.116. The van der Waals surface area contributed by atoms with Crippen LogP contribution in [0.3, 0.4) is 0 Å². The van der Waals surface area contributed by atoms with Crippen molar-refractivity contribution < 1.29 is 14.0 Å². The van der Waals surface area contributed by atoms with Gasteiger partial charge in [-0.15, -0.1) is 0 Å². The molecule has 2 amide bonds. The molecule has 9 nitrogen and oxygen atoms in total. The molecule has 0 radical (unpaired) electrons. The summed E-state index contributed by atoms with van der Waals surface area (Å²) in [4.78, 5) is 38.3. The Morgan fingerprint density at radius 2 is 1.94 bits per heavy atom. The van der Waals surface area contributed by atoms with Crippen molar-refractivity contribution in [2.24, 2.45) is 0 Å². The molecule has 0 unspecified atom stereocenters. The fraction of sp³-hybridized carbons (Fsp3) is 0.381. The molecule has 11 heteroatoms. The predicted molar refractivity (Wildman–Crippen MR) is 119 cm³/mol. The lowest BCUT2D eigenvalue weighted by Gasteiger charge is -2.35. The van der Waals surface area contributed by atoms with Gasteiger partial charge in [0.15, 0.2) is 16.6 Å². The van der Waals surface area contributed by atoms with E-state index in [4.69, 9.17) is 0 Å². The molecule has 1 N–H and O–H groups in total. The molecule has 3 heterocycles. The number of imidazole rings is 1. The minimum absolute atomic E-state index is 0.201. The summed E-state index contributed by atoms with van der Waals surface area (Å²) < 4.78 is 19.5. The van der Waals surface area contributed by atoms with E-state index >= 15 is 0 Å². The molecule has 0 bridgehead atoms. The average Bonchev–Trinajstić information content (AvgIpc) is 3.31. The van der Waals surface area contributed by atoms with E-state index in [0.29, 0.717) is 41.1 Å². The quantitative estimate of drug-likeness (QED) is 0.633. The normalized spacial score (nSPS) is 15.7. The van der Waals surface area contributed by atoms with Gasteiger partial charge in [0.05, 0.1) is 18.3 Å². The van der Waals surface area contributed by atoms with Crippen LogP contribution in [0, 0.1) is 12.7 Å². The molecule has 0 saturated heterocycles. The van der Waals surface area contributed by atoms with E-state index in [1.165, 1.54) is 35.8 Å². The summed E-state index contributed by atoms with van der Waals surface area (Å²) in [6.07, 6.45) is 0. The van der Waals surface area contributed by atoms with Crippen molar-refractivity contribution in [1.29, 1.82) is 0 Å². The van der Waals surface area contributed by atoms with Crippen molar-refractivity contribution in [2.75, 3.05) is 32.5 Å². The SMILES string of the molecule is Cc1nsc(-c2nc(NC(=O)CN(C)C)c3n2CCN(C(=O)c2ccc(F)cc2)[C@@H]3C)n1. The summed E-state index contributed by atoms with van der Waals surface area (Å²) >= 11 is 1.24. The van der Waals surface area contributed by atoms with Gasteiger partial charge in [-0.2, -0.15) is 4.37 Å². The second kappa shape index (κ2) is 8.75. The van der Waals surface area contributed by atoms with Gasteiger partial charge in [-0.25, -0.2) is 14.4 Å². The molecule has 1 aromatic carbocycles. The molecule has 32 heavy (non-hydrogen) atoms. The highest BCUT2D eigenvalue weighted by Crippen LogP contribution is 2.36. The summed E-state index contributed by atoms with van der Waals surface area (Å²) in [5, 5.41) is 3.55. The molecule has 1 aliphatic heterocycles. The summed E-state index contributed by atoms with van der Waals surface area (Å²) in [6.45, 7) is 4.83. The van der Waals surface area contributed by atoms with Gasteiger partial charge in [0, 0.05) is 18.7 Å². The van der Waals surface area contributed by atoms with Crippen molar-refractivity contribution >= 4 is 29.2 Å². The van der Waals surface area contributed by atoms with Crippen LogP contribution < -0.4 is 5.32 Å². The van der Waals surface area contributed by atoms with Crippen molar-refractivity contribution in [1.82, 2.24) is 28.7 Å². The Balaban J connectivity index is 1.72. The number of nitrogens with one attached hydrogen (secondary N) is 1. The number of rotatable bonds is 5. The highest BCUT2D eigenvalue weighted by Gasteiger charge is 2.35. The lowest BCUT2D eigenvalue weighted by Crippen LogP contribution is -2.41. The molecule has 4 rings (SSSR count). The van der Waals surface area contributed by atoms with E-state index in [2.05, 4.69) is 19.7 Å². The summed E-state index contributed by atoms with van der Waals surface area (Å²) in [6, 6.07) is 5.13. The lowest BCUT2D eigenvalue weighted by atomic mass is 10.1. The molecule has 1 atom stereocenters. The first-order valence-electron chi connectivity index (χ1n) is 10.2. The number of hydrogen-bond acceptors (Lipinski definition) is 7. The first kappa shape index (κ1) is 22.0. The van der Waals surface area contributed by atoms with E-state index in [1.807, 2.05) is 32.5 Å². The third kappa shape index (κ3) is 4.26. The highest BCUT2D eigenvalue weighted by molar-refractivity contribution is 7.09. The topological polar surface area (TPSA) is 96.3 Å². The van der Waals surface area contributed by atoms with E-state index in [-0.39, 0.29) is 24.4 Å². The van der Waals surface area contributed by atoms with Gasteiger partial charge >= 0.3 is 0 Å². The van der Waals surface area contributed by atoms with Crippen LogP contribution in [0.5, 0.6) is 0 Å². The second-order valence-electron chi connectivity index (χ2n) is 7.94. The van der Waals surface area contributed by atoms with Gasteiger partial charge in [0.1, 0.15) is 11.6 Å². The van der Waals surface area contributed by atoms with Crippen LogP contribution in [0.2, 0.25) is 0 Å². The maximum absolute atomic E-state index is 13.3. The molecule has 3 aromatic rings. The van der Waals surface area contributed by atoms with Crippen LogP contribution in [0.25, 0.3) is 10.8 Å². The van der Waals surface area contributed by atoms with Gasteiger partial charge < -0.3 is 19.7 Å². The number of carbonyl (C=O) groups is 2. The third-order valence-electron chi connectivity index (χ3n) is 5.22. The standard InChI is InChI=1S/C21H24FN7O2S/c1-12-17-18(24-16(30)11-27(3)4)25-19(20-23-13(2)26-32-20)29(17)10-9-28(12)21(31)14-5-7-15(22)8-6-14/h5-8,12H,9-11H2,1-4H3,(H,24,30)/t12-/m1/s1. The van der Waals surface area contributed by atoms with E-state index < -0.39 is 5.82 Å². The summed E-state index contributed by atoms with van der Waals surface area (Å²) in [5.74, 6) is 0.871. The molecule has 0 saturated carbocycles. The first-order chi connectivity index (χ1) is 15.2. The van der Waals surface area contributed by atoms with Gasteiger partial charge in [0.2, 0.25) is 5.91 Å². The van der Waals surface area contributed by atoms with Crippen molar-refractivity contribution in [3.8, 4) is 10.8 Å². The fourth-order valence-corrected chi connectivity index (χ4v) is 4.47. The molecule has 1 aliphatic rings. The Bertz CT molecular complexity index is 1160. The largest absolute Gasteiger partial charge is 0.328 e. The van der Waals surface area contributed by atoms with Crippen LogP contribution >= 0.6 is 11.5 Å². The smallest absolute Gasteiger partial charge is 0.254 e. The van der Waals surface area contributed by atoms with Gasteiger partial charge in [-0.3, -0.25) is 9.59 Å². The number of aromatic nitrogens is 4. The fourth-order valence-electron chi connectivity index (χ4n) is 3.80. The average molecular weight is 458 g/mol. The van der Waals surface area contributed by atoms with Gasteiger partial charge in [0.25, 0.3) is 5.91 Å². The monoisotopic (exact) mass is 457 g/mol. The van der Waals surface area contributed by atoms with Crippen LogP contribution in [0.4, 0.5) is 10.2 Å². The van der Waals surface area contributed by atoms with Gasteiger partial charge in [-0.05, 0) is 63.7 Å². The van der Waals surface area contributed by atoms with Crippen molar-refractivity contribution in [3.05, 3.63) is 47.2 Å². The third-order valence-corrected chi connectivity index (χ3v) is 6.03. The van der Waals surface area contributed by atoms with Crippen LogP contribution in [-0.2, 0) is 11.3 Å². The van der Waals surface area contributed by atoms with E-state index in [9.17, 15) is 14.0 Å². The number of anilines is 1. The number of aryl methyl sites for hydroxylation is 1. The minimum atomic E-state index is -0.394. The highest BCUT2D eigenvalue weighted by atomic mass is 32.1. The summed E-state index contributed by atoms with van der Waals surface area (Å²) in [5.41, 5.74) is 1.13. The number of carbonyl (C=O) groups excluding carboxylic acids is 2. The maximum Gasteiger partial charge on any atom is 0.254 e. The zero-order chi connectivity index (χ0) is 23.0. The van der Waals surface area contributed by atoms with Crippen LogP contribution in [0.1, 0.15) is 34.8 Å². The Morgan fingerprint density at radius 3 is 2.56 bits per heavy atom. The van der Waals surface area contributed by atoms with Crippen LogP contribution in [0.15, 0.2) is 24.3 Å². The molecular weight excluding hydrogens is 433 g/mol. The molecule has 168 valence electrons.